The zero-order chi connectivity index (χ0) is 26.8. The number of methoxy groups -OCH3 is 1. The molecule has 5 rings (SSSR count). The maximum absolute atomic E-state index is 14.2. The highest BCUT2D eigenvalue weighted by molar-refractivity contribution is 14.1. The molecule has 9 heteroatoms. The number of carbonyl (C=O) groups excluding carboxylic acids is 2. The van der Waals surface area contributed by atoms with Crippen LogP contribution in [0, 0.1) is 9.39 Å². The Hall–Kier alpha value is -3.08. The van der Waals surface area contributed by atoms with Crippen molar-refractivity contribution in [3.8, 4) is 11.5 Å². The van der Waals surface area contributed by atoms with Crippen LogP contribution < -0.4 is 9.47 Å². The lowest BCUT2D eigenvalue weighted by Crippen LogP contribution is -2.27. The van der Waals surface area contributed by atoms with Crippen molar-refractivity contribution in [1.29, 1.82) is 0 Å². The SMILES string of the molecule is COc1cc(/C=C2\SC(=O)N(Cc3cccc4ccccc34)C2=O)cc(I)c1OCc1c(F)cccc1Cl. The Morgan fingerprint density at radius 1 is 1.05 bits per heavy atom. The Bertz CT molecular complexity index is 1580. The number of ether oxygens (including phenoxy) is 2. The number of halogens is 3. The van der Waals surface area contributed by atoms with E-state index in [4.69, 9.17) is 21.1 Å². The van der Waals surface area contributed by atoms with Crippen LogP contribution in [0.1, 0.15) is 16.7 Å². The minimum Gasteiger partial charge on any atom is -0.493 e. The zero-order valence-corrected chi connectivity index (χ0v) is 23.8. The number of fused-ring (bicyclic) bond motifs is 1. The molecule has 192 valence electrons. The first-order valence-corrected chi connectivity index (χ1v) is 13.8. The Balaban J connectivity index is 1.38. The molecule has 1 heterocycles. The van der Waals surface area contributed by atoms with E-state index in [1.165, 1.54) is 24.1 Å². The monoisotopic (exact) mass is 659 g/mol. The third-order valence-electron chi connectivity index (χ3n) is 6.05. The van der Waals surface area contributed by atoms with Gasteiger partial charge in [0.15, 0.2) is 11.5 Å². The quantitative estimate of drug-likeness (QED) is 0.148. The Kier molecular flexibility index (Phi) is 7.92. The van der Waals surface area contributed by atoms with Crippen LogP contribution in [0.3, 0.4) is 0 Å². The van der Waals surface area contributed by atoms with Crippen molar-refractivity contribution in [3.63, 3.8) is 0 Å². The molecule has 5 nitrogen and oxygen atoms in total. The summed E-state index contributed by atoms with van der Waals surface area (Å²) >= 11 is 9.11. The lowest BCUT2D eigenvalue weighted by Gasteiger charge is -2.15. The van der Waals surface area contributed by atoms with Gasteiger partial charge in [-0.25, -0.2) is 4.39 Å². The van der Waals surface area contributed by atoms with Crippen LogP contribution in [0.2, 0.25) is 5.02 Å². The third kappa shape index (κ3) is 5.39. The summed E-state index contributed by atoms with van der Waals surface area (Å²) in [5, 5.41) is 2.01. The van der Waals surface area contributed by atoms with Crippen molar-refractivity contribution in [2.75, 3.05) is 7.11 Å². The number of hydrogen-bond donors (Lipinski definition) is 0. The molecule has 1 aliphatic rings. The lowest BCUT2D eigenvalue weighted by molar-refractivity contribution is -0.123. The molecular weight excluding hydrogens is 640 g/mol. The van der Waals surface area contributed by atoms with Gasteiger partial charge in [0.05, 0.1) is 27.2 Å². The van der Waals surface area contributed by atoms with E-state index in [0.29, 0.717) is 25.5 Å². The standard InChI is InChI=1S/C29H20ClFINO4S/c1-36-25-13-17(12-24(32)27(25)37-16-21-22(30)10-5-11-23(21)31)14-26-28(34)33(29(35)38-26)15-19-8-4-7-18-6-2-3-9-20(18)19/h2-14H,15-16H2,1H3/b26-14-. The number of benzene rings is 4. The second-order valence-electron chi connectivity index (χ2n) is 8.43. The summed E-state index contributed by atoms with van der Waals surface area (Å²) in [6.45, 7) is 0.111. The maximum Gasteiger partial charge on any atom is 0.293 e. The summed E-state index contributed by atoms with van der Waals surface area (Å²) in [5.41, 5.74) is 1.81. The van der Waals surface area contributed by atoms with Crippen LogP contribution in [0.15, 0.2) is 77.7 Å². The minimum absolute atomic E-state index is 0.0791. The highest BCUT2D eigenvalue weighted by atomic mass is 127. The number of thioether (sulfide) groups is 1. The van der Waals surface area contributed by atoms with Gasteiger partial charge in [0, 0.05) is 5.56 Å². The lowest BCUT2D eigenvalue weighted by atomic mass is 10.0. The van der Waals surface area contributed by atoms with Crippen LogP contribution in [-0.2, 0) is 17.9 Å². The van der Waals surface area contributed by atoms with E-state index in [-0.39, 0.29) is 34.9 Å². The molecule has 2 amide bonds. The molecule has 0 bridgehead atoms. The van der Waals surface area contributed by atoms with Gasteiger partial charge in [-0.2, -0.15) is 0 Å². The molecule has 4 aromatic rings. The number of rotatable bonds is 7. The first kappa shape index (κ1) is 26.5. The van der Waals surface area contributed by atoms with E-state index in [0.717, 1.165) is 28.1 Å². The summed E-state index contributed by atoms with van der Waals surface area (Å²) in [5.74, 6) is 0.0259. The van der Waals surface area contributed by atoms with Gasteiger partial charge in [0.1, 0.15) is 12.4 Å². The van der Waals surface area contributed by atoms with E-state index in [1.807, 2.05) is 42.5 Å². The first-order valence-electron chi connectivity index (χ1n) is 11.5. The Labute approximate surface area is 241 Å². The van der Waals surface area contributed by atoms with Crippen LogP contribution in [0.25, 0.3) is 16.8 Å². The number of amides is 2. The van der Waals surface area contributed by atoms with Gasteiger partial charge in [-0.15, -0.1) is 0 Å². The number of nitrogens with zero attached hydrogens (tertiary/aromatic N) is 1. The van der Waals surface area contributed by atoms with Gasteiger partial charge in [0.25, 0.3) is 11.1 Å². The van der Waals surface area contributed by atoms with Crippen molar-refractivity contribution < 1.29 is 23.5 Å². The van der Waals surface area contributed by atoms with Crippen molar-refractivity contribution in [2.24, 2.45) is 0 Å². The number of imide groups is 1. The molecule has 0 spiro atoms. The topological polar surface area (TPSA) is 55.8 Å². The Morgan fingerprint density at radius 2 is 1.82 bits per heavy atom. The van der Waals surface area contributed by atoms with Gasteiger partial charge in [-0.1, -0.05) is 60.1 Å². The highest BCUT2D eigenvalue weighted by Gasteiger charge is 2.35. The largest absolute Gasteiger partial charge is 0.493 e. The predicted molar refractivity (Wildman–Crippen MR) is 157 cm³/mol. The number of carbonyl (C=O) groups is 2. The molecule has 1 fully saturated rings. The molecule has 0 radical (unpaired) electrons. The van der Waals surface area contributed by atoms with E-state index < -0.39 is 5.82 Å². The van der Waals surface area contributed by atoms with Gasteiger partial charge < -0.3 is 9.47 Å². The third-order valence-corrected chi connectivity index (χ3v) is 8.12. The summed E-state index contributed by atoms with van der Waals surface area (Å²) in [7, 11) is 1.50. The van der Waals surface area contributed by atoms with Gasteiger partial charge in [-0.3, -0.25) is 14.5 Å². The van der Waals surface area contributed by atoms with E-state index >= 15 is 0 Å². The molecule has 1 saturated heterocycles. The zero-order valence-electron chi connectivity index (χ0n) is 20.0. The van der Waals surface area contributed by atoms with Crippen molar-refractivity contribution in [1.82, 2.24) is 4.90 Å². The van der Waals surface area contributed by atoms with Crippen LogP contribution in [0.5, 0.6) is 11.5 Å². The summed E-state index contributed by atoms with van der Waals surface area (Å²) in [6, 6.07) is 21.7. The average Bonchev–Trinajstić information content (AvgIpc) is 3.16. The van der Waals surface area contributed by atoms with Gasteiger partial charge in [-0.05, 0) is 86.6 Å². The van der Waals surface area contributed by atoms with Crippen LogP contribution in [0.4, 0.5) is 9.18 Å². The molecule has 0 aromatic heterocycles. The first-order chi connectivity index (χ1) is 18.4. The second kappa shape index (κ2) is 11.3. The summed E-state index contributed by atoms with van der Waals surface area (Å²) < 4.78 is 26.3. The summed E-state index contributed by atoms with van der Waals surface area (Å²) in [4.78, 5) is 27.6. The fraction of sp³-hybridized carbons (Fsp3) is 0.103. The minimum atomic E-state index is -0.456. The van der Waals surface area contributed by atoms with Crippen molar-refractivity contribution >= 4 is 73.9 Å². The Morgan fingerprint density at radius 3 is 2.61 bits per heavy atom. The molecule has 0 N–H and O–H groups in total. The van der Waals surface area contributed by atoms with E-state index in [9.17, 15) is 14.0 Å². The highest BCUT2D eigenvalue weighted by Crippen LogP contribution is 2.38. The second-order valence-corrected chi connectivity index (χ2v) is 11.0. The average molecular weight is 660 g/mol. The summed E-state index contributed by atoms with van der Waals surface area (Å²) in [6.07, 6.45) is 1.66. The van der Waals surface area contributed by atoms with E-state index in [1.54, 1.807) is 24.3 Å². The fourth-order valence-corrected chi connectivity index (χ4v) is 6.00. The number of hydrogen-bond acceptors (Lipinski definition) is 5. The van der Waals surface area contributed by atoms with E-state index in [2.05, 4.69) is 22.6 Å². The van der Waals surface area contributed by atoms with Crippen LogP contribution in [-0.4, -0.2) is 23.2 Å². The molecule has 38 heavy (non-hydrogen) atoms. The van der Waals surface area contributed by atoms with Gasteiger partial charge >= 0.3 is 0 Å². The molecule has 1 aliphatic heterocycles. The van der Waals surface area contributed by atoms with Crippen molar-refractivity contribution in [3.05, 3.63) is 109 Å². The van der Waals surface area contributed by atoms with Crippen LogP contribution >= 0.6 is 46.0 Å². The van der Waals surface area contributed by atoms with Gasteiger partial charge in [0.2, 0.25) is 0 Å². The molecule has 0 saturated carbocycles. The molecule has 0 unspecified atom stereocenters. The fourth-order valence-electron chi connectivity index (χ4n) is 4.17. The molecule has 0 atom stereocenters. The normalized spacial score (nSPS) is 14.5. The molecule has 4 aromatic carbocycles. The van der Waals surface area contributed by atoms with Crippen molar-refractivity contribution in [2.45, 2.75) is 13.2 Å². The maximum atomic E-state index is 14.2. The molecule has 0 aliphatic carbocycles. The molecular formula is C29H20ClFINO4S. The smallest absolute Gasteiger partial charge is 0.293 e. The predicted octanol–water partition coefficient (Wildman–Crippen LogP) is 8.06.